The lowest BCUT2D eigenvalue weighted by molar-refractivity contribution is -0.381. The largest absolute Gasteiger partial charge is 0.465 e. The monoisotopic (exact) mass is 460 g/mol. The summed E-state index contributed by atoms with van der Waals surface area (Å²) >= 11 is 0. The summed E-state index contributed by atoms with van der Waals surface area (Å²) in [5.41, 5.74) is 0. The second-order valence-electron chi connectivity index (χ2n) is 5.94. The van der Waals surface area contributed by atoms with Gasteiger partial charge in [0.2, 0.25) is 0 Å². The van der Waals surface area contributed by atoms with Crippen LogP contribution in [-0.2, 0) is 14.3 Å². The molecule has 0 heterocycles. The Kier molecular flexibility index (Phi) is 8.72. The second-order valence-corrected chi connectivity index (χ2v) is 5.94. The number of hydrogen-bond acceptors (Lipinski definition) is 3. The van der Waals surface area contributed by atoms with Crippen molar-refractivity contribution in [2.24, 2.45) is 5.92 Å². The first-order chi connectivity index (χ1) is 12.8. The zero-order chi connectivity index (χ0) is 23.5. The van der Waals surface area contributed by atoms with Gasteiger partial charge in [-0.3, -0.25) is 4.79 Å². The number of carbonyl (C=O) groups excluding carboxylic acids is 1. The summed E-state index contributed by atoms with van der Waals surface area (Å²) < 4.78 is 161. The van der Waals surface area contributed by atoms with Gasteiger partial charge in [0.1, 0.15) is 6.61 Å². The number of ether oxygens (including phenoxy) is 2. The van der Waals surface area contributed by atoms with E-state index in [1.807, 2.05) is 0 Å². The number of hydrogen-bond donors (Lipinski definition) is 0. The molecule has 0 aromatic rings. The maximum absolute atomic E-state index is 14.0. The molecule has 0 aromatic carbocycles. The smallest absolute Gasteiger partial charge is 0.448 e. The summed E-state index contributed by atoms with van der Waals surface area (Å²) in [6, 6.07) is 0. The molecule has 0 aliphatic heterocycles. The van der Waals surface area contributed by atoms with Crippen LogP contribution in [0.4, 0.5) is 52.7 Å². The Hall–Kier alpha value is -1.41. The highest BCUT2D eigenvalue weighted by molar-refractivity contribution is 5.71. The SMILES string of the molecule is CCC(C)C(=O)OCCC(F)(OCC(F)(F)C(F)(F)C(F)(F)C(F)F)C(F)(F)F. The van der Waals surface area contributed by atoms with Gasteiger partial charge in [-0.05, 0) is 6.42 Å². The first kappa shape index (κ1) is 27.6. The van der Waals surface area contributed by atoms with Crippen molar-refractivity contribution in [1.82, 2.24) is 0 Å². The number of carbonyl (C=O) groups is 1. The van der Waals surface area contributed by atoms with Crippen LogP contribution in [0, 0.1) is 5.92 Å². The van der Waals surface area contributed by atoms with Crippen LogP contribution in [0.5, 0.6) is 0 Å². The molecule has 0 N–H and O–H groups in total. The van der Waals surface area contributed by atoms with E-state index in [1.165, 1.54) is 13.8 Å². The molecule has 0 aliphatic carbocycles. The minimum atomic E-state index is -6.87. The van der Waals surface area contributed by atoms with Crippen molar-refractivity contribution in [3.63, 3.8) is 0 Å². The fourth-order valence-corrected chi connectivity index (χ4v) is 1.56. The first-order valence-corrected chi connectivity index (χ1v) is 7.74. The highest BCUT2D eigenvalue weighted by atomic mass is 19.4. The fraction of sp³-hybridized carbons (Fsp3) is 0.929. The number of rotatable bonds is 11. The fourth-order valence-electron chi connectivity index (χ4n) is 1.56. The van der Waals surface area contributed by atoms with Crippen LogP contribution in [0.1, 0.15) is 26.7 Å². The van der Waals surface area contributed by atoms with Crippen LogP contribution in [0.25, 0.3) is 0 Å². The van der Waals surface area contributed by atoms with Crippen LogP contribution in [-0.4, -0.2) is 55.4 Å². The van der Waals surface area contributed by atoms with Gasteiger partial charge in [0.25, 0.3) is 0 Å². The summed E-state index contributed by atoms with van der Waals surface area (Å²) in [4.78, 5) is 11.3. The van der Waals surface area contributed by atoms with Gasteiger partial charge in [0.05, 0.1) is 18.9 Å². The Morgan fingerprint density at radius 1 is 0.931 bits per heavy atom. The number of halogens is 12. The molecule has 0 spiro atoms. The van der Waals surface area contributed by atoms with Gasteiger partial charge in [-0.2, -0.15) is 39.5 Å². The quantitative estimate of drug-likeness (QED) is 0.307. The summed E-state index contributed by atoms with van der Waals surface area (Å²) in [5.74, 6) is -26.9. The molecule has 174 valence electrons. The van der Waals surface area contributed by atoms with E-state index in [-0.39, 0.29) is 6.42 Å². The van der Waals surface area contributed by atoms with E-state index < -0.39 is 67.7 Å². The lowest BCUT2D eigenvalue weighted by Crippen LogP contribution is -2.60. The van der Waals surface area contributed by atoms with Gasteiger partial charge in [-0.25, -0.2) is 13.2 Å². The average molecular weight is 460 g/mol. The van der Waals surface area contributed by atoms with Crippen LogP contribution in [0.2, 0.25) is 0 Å². The second kappa shape index (κ2) is 9.16. The van der Waals surface area contributed by atoms with E-state index in [1.54, 1.807) is 0 Å². The molecular weight excluding hydrogens is 444 g/mol. The molecular formula is C14H16F12O3. The summed E-state index contributed by atoms with van der Waals surface area (Å²) in [7, 11) is 0. The normalized spacial score (nSPS) is 17.2. The molecule has 0 saturated heterocycles. The Morgan fingerprint density at radius 3 is 1.79 bits per heavy atom. The Morgan fingerprint density at radius 2 is 1.41 bits per heavy atom. The maximum atomic E-state index is 14.0. The number of alkyl halides is 12. The van der Waals surface area contributed by atoms with E-state index >= 15 is 0 Å². The van der Waals surface area contributed by atoms with Gasteiger partial charge in [-0.1, -0.05) is 13.8 Å². The zero-order valence-electron chi connectivity index (χ0n) is 14.7. The van der Waals surface area contributed by atoms with Crippen molar-refractivity contribution in [3.05, 3.63) is 0 Å². The predicted octanol–water partition coefficient (Wildman–Crippen LogP) is 5.38. The molecule has 29 heavy (non-hydrogen) atoms. The molecule has 2 atom stereocenters. The van der Waals surface area contributed by atoms with E-state index in [2.05, 4.69) is 9.47 Å². The van der Waals surface area contributed by atoms with Crippen molar-refractivity contribution in [2.45, 2.75) is 62.9 Å². The molecule has 2 unspecified atom stereocenters. The Labute approximate surface area is 156 Å². The minimum Gasteiger partial charge on any atom is -0.465 e. The topological polar surface area (TPSA) is 35.5 Å². The molecule has 0 rings (SSSR count). The van der Waals surface area contributed by atoms with Gasteiger partial charge in [-0.15, -0.1) is 0 Å². The third-order valence-electron chi connectivity index (χ3n) is 3.74. The summed E-state index contributed by atoms with van der Waals surface area (Å²) in [6.07, 6.45) is -13.3. The van der Waals surface area contributed by atoms with Gasteiger partial charge >= 0.3 is 42.2 Å². The lowest BCUT2D eigenvalue weighted by Gasteiger charge is -2.34. The van der Waals surface area contributed by atoms with Crippen molar-refractivity contribution in [1.29, 1.82) is 0 Å². The van der Waals surface area contributed by atoms with Crippen LogP contribution < -0.4 is 0 Å². The molecule has 15 heteroatoms. The zero-order valence-corrected chi connectivity index (χ0v) is 14.7. The molecule has 0 aliphatic rings. The van der Waals surface area contributed by atoms with Crippen molar-refractivity contribution >= 4 is 5.97 Å². The average Bonchev–Trinajstić information content (AvgIpc) is 2.57. The molecule has 0 saturated carbocycles. The molecule has 3 nitrogen and oxygen atoms in total. The van der Waals surface area contributed by atoms with E-state index in [0.29, 0.717) is 0 Å². The highest BCUT2D eigenvalue weighted by Gasteiger charge is 2.76. The third kappa shape index (κ3) is 6.04. The minimum absolute atomic E-state index is 0.176. The Balaban J connectivity index is 5.37. The molecule has 0 amide bonds. The predicted molar refractivity (Wildman–Crippen MR) is 71.7 cm³/mol. The van der Waals surface area contributed by atoms with Crippen LogP contribution in [0.15, 0.2) is 0 Å². The highest BCUT2D eigenvalue weighted by Crippen LogP contribution is 2.49. The lowest BCUT2D eigenvalue weighted by atomic mass is 10.1. The molecule has 0 radical (unpaired) electrons. The number of esters is 1. The first-order valence-electron chi connectivity index (χ1n) is 7.74. The van der Waals surface area contributed by atoms with Crippen molar-refractivity contribution < 1.29 is 67.0 Å². The van der Waals surface area contributed by atoms with E-state index in [9.17, 15) is 57.5 Å². The van der Waals surface area contributed by atoms with Gasteiger partial charge in [0, 0.05) is 0 Å². The molecule has 0 aromatic heterocycles. The Bertz CT molecular complexity index is 548. The summed E-state index contributed by atoms with van der Waals surface area (Å²) in [5, 5.41) is 0. The van der Waals surface area contributed by atoms with Gasteiger partial charge in [0.15, 0.2) is 0 Å². The summed E-state index contributed by atoms with van der Waals surface area (Å²) in [6.45, 7) is -1.94. The van der Waals surface area contributed by atoms with Crippen molar-refractivity contribution in [2.75, 3.05) is 13.2 Å². The molecule has 0 bridgehead atoms. The maximum Gasteiger partial charge on any atom is 0.448 e. The third-order valence-corrected chi connectivity index (χ3v) is 3.74. The standard InChI is InChI=1S/C14H16F12O3/c1-3-7(2)8(27)28-5-4-11(19,14(24,25)26)29-6-10(17,18)13(22,23)12(20,21)9(15)16/h7,9H,3-6H2,1-2H3. The van der Waals surface area contributed by atoms with E-state index in [0.717, 1.165) is 0 Å². The van der Waals surface area contributed by atoms with Crippen LogP contribution >= 0.6 is 0 Å². The van der Waals surface area contributed by atoms with Crippen molar-refractivity contribution in [3.8, 4) is 0 Å². The van der Waals surface area contributed by atoms with E-state index in [4.69, 9.17) is 0 Å². The van der Waals surface area contributed by atoms with Crippen LogP contribution in [0.3, 0.4) is 0 Å². The molecule has 0 fully saturated rings. The van der Waals surface area contributed by atoms with Gasteiger partial charge < -0.3 is 9.47 Å².